The molecule has 3 heterocycles. The zero-order chi connectivity index (χ0) is 14.4. The highest BCUT2D eigenvalue weighted by Gasteiger charge is 2.43. The Morgan fingerprint density at radius 3 is 2.86 bits per heavy atom. The molecule has 0 radical (unpaired) electrons. The summed E-state index contributed by atoms with van der Waals surface area (Å²) < 4.78 is 11.3. The number of aromatic nitrogens is 1. The van der Waals surface area contributed by atoms with Crippen LogP contribution < -0.4 is 5.73 Å². The lowest BCUT2D eigenvalue weighted by atomic mass is 9.76. The maximum Gasteiger partial charge on any atom is 0.243 e. The predicted octanol–water partition coefficient (Wildman–Crippen LogP) is 1.37. The zero-order valence-corrected chi connectivity index (χ0v) is 13.4. The highest BCUT2D eigenvalue weighted by molar-refractivity contribution is 5.87. The number of rotatable bonds is 2. The summed E-state index contributed by atoms with van der Waals surface area (Å²) in [7, 11) is 0. The Kier molecular flexibility index (Phi) is 4.18. The van der Waals surface area contributed by atoms with Crippen molar-refractivity contribution < 1.29 is 13.9 Å². The largest absolute Gasteiger partial charge is 0.445 e. The van der Waals surface area contributed by atoms with Crippen molar-refractivity contribution in [1.29, 1.82) is 0 Å². The van der Waals surface area contributed by atoms with Gasteiger partial charge in [-0.05, 0) is 25.7 Å². The topological polar surface area (TPSA) is 81.6 Å². The molecule has 1 unspecified atom stereocenters. The van der Waals surface area contributed by atoms with Crippen LogP contribution in [0.4, 0.5) is 0 Å². The van der Waals surface area contributed by atoms with Crippen molar-refractivity contribution in [3.8, 4) is 0 Å². The van der Waals surface area contributed by atoms with Gasteiger partial charge in [0.2, 0.25) is 5.91 Å². The van der Waals surface area contributed by atoms with E-state index in [1.807, 2.05) is 4.90 Å². The molecule has 1 aliphatic carbocycles. The monoisotopic (exact) mass is 327 g/mol. The van der Waals surface area contributed by atoms with Gasteiger partial charge in [0.25, 0.3) is 0 Å². The van der Waals surface area contributed by atoms with E-state index in [2.05, 4.69) is 4.98 Å². The Balaban J connectivity index is 0.00000144. The fourth-order valence-electron chi connectivity index (χ4n) is 3.38. The van der Waals surface area contributed by atoms with Gasteiger partial charge >= 0.3 is 0 Å². The van der Waals surface area contributed by atoms with Gasteiger partial charge in [-0.15, -0.1) is 12.4 Å². The van der Waals surface area contributed by atoms with Crippen LogP contribution in [0.5, 0.6) is 0 Å². The molecule has 6 nitrogen and oxygen atoms in total. The zero-order valence-electron chi connectivity index (χ0n) is 12.5. The molecule has 2 fully saturated rings. The number of halogens is 1. The maximum absolute atomic E-state index is 12.5. The van der Waals surface area contributed by atoms with Crippen molar-refractivity contribution in [1.82, 2.24) is 9.88 Å². The predicted molar refractivity (Wildman–Crippen MR) is 81.8 cm³/mol. The average molecular weight is 328 g/mol. The number of hydrogen-bond donors (Lipinski definition) is 1. The van der Waals surface area contributed by atoms with E-state index in [1.165, 1.54) is 0 Å². The first kappa shape index (κ1) is 15.8. The van der Waals surface area contributed by atoms with E-state index < -0.39 is 5.54 Å². The number of ether oxygens (including phenoxy) is 1. The summed E-state index contributed by atoms with van der Waals surface area (Å²) in [4.78, 5) is 19.0. The van der Waals surface area contributed by atoms with Crippen LogP contribution in [0.25, 0.3) is 0 Å². The molecule has 2 N–H and O–H groups in total. The minimum atomic E-state index is -0.622. The lowest BCUT2D eigenvalue weighted by Gasteiger charge is -2.41. The van der Waals surface area contributed by atoms with Crippen molar-refractivity contribution in [2.75, 3.05) is 19.8 Å². The van der Waals surface area contributed by atoms with E-state index in [0.29, 0.717) is 19.7 Å². The van der Waals surface area contributed by atoms with Crippen LogP contribution in [0.2, 0.25) is 0 Å². The minimum absolute atomic E-state index is 0. The van der Waals surface area contributed by atoms with Crippen LogP contribution in [0, 0.1) is 0 Å². The van der Waals surface area contributed by atoms with Gasteiger partial charge in [0, 0.05) is 19.6 Å². The number of hydrogen-bond acceptors (Lipinski definition) is 5. The van der Waals surface area contributed by atoms with Gasteiger partial charge in [-0.3, -0.25) is 4.79 Å². The molecular weight excluding hydrogens is 306 g/mol. The number of nitrogens with two attached hydrogens (primary N) is 1. The Labute approximate surface area is 135 Å². The normalized spacial score (nSPS) is 26.0. The molecule has 1 aromatic rings. The number of nitrogens with zero attached hydrogens (tertiary/aromatic N) is 2. The van der Waals surface area contributed by atoms with Crippen molar-refractivity contribution in [2.45, 2.75) is 50.1 Å². The molecule has 1 saturated carbocycles. The van der Waals surface area contributed by atoms with E-state index in [-0.39, 0.29) is 24.2 Å². The van der Waals surface area contributed by atoms with Crippen LogP contribution in [-0.2, 0) is 22.5 Å². The van der Waals surface area contributed by atoms with E-state index in [4.69, 9.17) is 14.9 Å². The van der Waals surface area contributed by atoms with Crippen LogP contribution in [0.15, 0.2) is 4.42 Å². The number of carbonyl (C=O) groups excluding carboxylic acids is 1. The molecule has 1 aromatic heterocycles. The standard InChI is InChI=1S/C15H21N3O3.ClH/c16-15(4-1-5-15)14(19)18-6-2-12-11(8-18)17-13(21-12)10-3-7-20-9-10;/h10H,1-9,16H2;1H. The van der Waals surface area contributed by atoms with E-state index >= 15 is 0 Å². The highest BCUT2D eigenvalue weighted by Crippen LogP contribution is 2.33. The van der Waals surface area contributed by atoms with Crippen molar-refractivity contribution in [2.24, 2.45) is 5.73 Å². The van der Waals surface area contributed by atoms with E-state index in [9.17, 15) is 4.79 Å². The molecule has 0 aromatic carbocycles. The summed E-state index contributed by atoms with van der Waals surface area (Å²) in [6.07, 6.45) is 4.36. The van der Waals surface area contributed by atoms with Gasteiger partial charge in [0.05, 0.1) is 24.6 Å². The third-order valence-electron chi connectivity index (χ3n) is 4.98. The van der Waals surface area contributed by atoms with E-state index in [1.54, 1.807) is 0 Å². The molecule has 1 atom stereocenters. The molecule has 3 aliphatic rings. The van der Waals surface area contributed by atoms with Crippen LogP contribution >= 0.6 is 12.4 Å². The Hall–Kier alpha value is -1.11. The maximum atomic E-state index is 12.5. The van der Waals surface area contributed by atoms with Crippen molar-refractivity contribution in [3.63, 3.8) is 0 Å². The summed E-state index contributed by atoms with van der Waals surface area (Å²) >= 11 is 0. The lowest BCUT2D eigenvalue weighted by molar-refractivity contribution is -0.141. The van der Waals surface area contributed by atoms with Gasteiger partial charge in [-0.2, -0.15) is 0 Å². The Bertz CT molecular complexity index is 564. The second-order valence-corrected chi connectivity index (χ2v) is 6.47. The fourth-order valence-corrected chi connectivity index (χ4v) is 3.38. The first-order valence-corrected chi connectivity index (χ1v) is 7.80. The molecule has 122 valence electrons. The lowest BCUT2D eigenvalue weighted by Crippen LogP contribution is -2.60. The third kappa shape index (κ3) is 2.53. The highest BCUT2D eigenvalue weighted by atomic mass is 35.5. The van der Waals surface area contributed by atoms with Gasteiger partial charge in [0.1, 0.15) is 11.5 Å². The molecule has 1 saturated heterocycles. The van der Waals surface area contributed by atoms with Crippen LogP contribution in [0.1, 0.15) is 48.9 Å². The number of fused-ring (bicyclic) bond motifs is 1. The third-order valence-corrected chi connectivity index (χ3v) is 4.98. The summed E-state index contributed by atoms with van der Waals surface area (Å²) in [5.41, 5.74) is 6.43. The quantitative estimate of drug-likeness (QED) is 0.887. The van der Waals surface area contributed by atoms with Crippen LogP contribution in [-0.4, -0.2) is 41.1 Å². The second kappa shape index (κ2) is 5.83. The molecule has 2 aliphatic heterocycles. The molecule has 7 heteroatoms. The SMILES string of the molecule is Cl.NC1(C(=O)N2CCc3oc(C4CCOC4)nc3C2)CCC1. The van der Waals surface area contributed by atoms with Crippen molar-refractivity contribution in [3.05, 3.63) is 17.3 Å². The van der Waals surface area contributed by atoms with E-state index in [0.717, 1.165) is 56.1 Å². The fraction of sp³-hybridized carbons (Fsp3) is 0.733. The molecular formula is C15H22ClN3O3. The van der Waals surface area contributed by atoms with Gasteiger partial charge in [-0.1, -0.05) is 0 Å². The number of amides is 1. The second-order valence-electron chi connectivity index (χ2n) is 6.47. The Morgan fingerprint density at radius 1 is 1.41 bits per heavy atom. The minimum Gasteiger partial charge on any atom is -0.445 e. The van der Waals surface area contributed by atoms with Crippen LogP contribution in [0.3, 0.4) is 0 Å². The average Bonchev–Trinajstić information content (AvgIpc) is 3.11. The molecule has 0 spiro atoms. The first-order valence-electron chi connectivity index (χ1n) is 7.80. The summed E-state index contributed by atoms with van der Waals surface area (Å²) in [5.74, 6) is 2.05. The molecule has 4 rings (SSSR count). The van der Waals surface area contributed by atoms with Gasteiger partial charge in [-0.25, -0.2) is 4.98 Å². The van der Waals surface area contributed by atoms with Crippen molar-refractivity contribution >= 4 is 18.3 Å². The first-order chi connectivity index (χ1) is 10.2. The summed E-state index contributed by atoms with van der Waals surface area (Å²) in [5, 5.41) is 0. The Morgan fingerprint density at radius 2 is 2.23 bits per heavy atom. The summed E-state index contributed by atoms with van der Waals surface area (Å²) in [6.45, 7) is 2.68. The molecule has 0 bridgehead atoms. The van der Waals surface area contributed by atoms with Gasteiger partial charge < -0.3 is 19.8 Å². The van der Waals surface area contributed by atoms with Gasteiger partial charge in [0.15, 0.2) is 5.89 Å². The number of oxazole rings is 1. The smallest absolute Gasteiger partial charge is 0.243 e. The summed E-state index contributed by atoms with van der Waals surface area (Å²) in [6, 6.07) is 0. The molecule has 22 heavy (non-hydrogen) atoms. The number of carbonyl (C=O) groups is 1. The molecule has 1 amide bonds.